The number of aromatic nitrogens is 2. The topological polar surface area (TPSA) is 177 Å². The lowest BCUT2D eigenvalue weighted by Gasteiger charge is -2.47. The molecule has 5 atom stereocenters. The van der Waals surface area contributed by atoms with Crippen LogP contribution in [0.5, 0.6) is 5.75 Å². The van der Waals surface area contributed by atoms with Crippen molar-refractivity contribution >= 4 is 55.2 Å². The molecule has 1 saturated heterocycles. The highest BCUT2D eigenvalue weighted by atomic mass is 32.2. The van der Waals surface area contributed by atoms with Crippen LogP contribution in [0.25, 0.3) is 21.5 Å². The summed E-state index contributed by atoms with van der Waals surface area (Å²) in [5.74, 6) is -2.20. The highest BCUT2D eigenvalue weighted by Crippen LogP contribution is 2.42. The van der Waals surface area contributed by atoms with Crippen LogP contribution >= 0.6 is 0 Å². The molecule has 14 heteroatoms. The molecule has 1 unspecified atom stereocenters. The molecule has 292 valence electrons. The minimum atomic E-state index is -3.90. The van der Waals surface area contributed by atoms with E-state index in [-0.39, 0.29) is 25.1 Å². The molecule has 0 radical (unpaired) electrons. The first kappa shape index (κ1) is 37.5. The second-order valence-electron chi connectivity index (χ2n) is 15.5. The first-order valence-electron chi connectivity index (χ1n) is 19.5. The maximum Gasteiger partial charge on any atom is 0.272 e. The summed E-state index contributed by atoms with van der Waals surface area (Å²) in [6.07, 6.45) is 11.2. The number of carbonyl (C=O) groups excluding carboxylic acids is 4. The van der Waals surface area contributed by atoms with Crippen LogP contribution in [0.15, 0.2) is 79.1 Å². The Morgan fingerprint density at radius 3 is 2.43 bits per heavy atom. The number of sulfonamides is 1. The molecule has 2 saturated carbocycles. The van der Waals surface area contributed by atoms with Crippen LogP contribution in [0.3, 0.4) is 0 Å². The van der Waals surface area contributed by atoms with Crippen molar-refractivity contribution in [1.29, 1.82) is 0 Å². The molecule has 4 aromatic rings. The Hall–Kier alpha value is -5.37. The summed E-state index contributed by atoms with van der Waals surface area (Å²) in [4.78, 5) is 66.7. The Morgan fingerprint density at radius 1 is 0.929 bits per heavy atom. The number of nitrogens with zero attached hydrogens (tertiary/aromatic N) is 3. The monoisotopic (exact) mass is 778 g/mol. The number of carbonyl (C=O) groups is 4. The SMILES string of the molecule is Cc1cnc(C(=O)N[C@H]2CCCCC/C=C\C3CC[C@@]3(C(=O)NS(=O)(=O)C3CC3)NC(=O)[C@@H]3C[C@@H](Oc4cc5ccccc5c5ccccc45)CN3C2=O)cn1. The number of hydrogen-bond donors (Lipinski definition) is 3. The van der Waals surface area contributed by atoms with Gasteiger partial charge in [0.2, 0.25) is 21.8 Å². The predicted molar refractivity (Wildman–Crippen MR) is 210 cm³/mol. The van der Waals surface area contributed by atoms with Gasteiger partial charge in [0.25, 0.3) is 11.8 Å². The van der Waals surface area contributed by atoms with E-state index in [2.05, 4.69) is 31.4 Å². The van der Waals surface area contributed by atoms with Gasteiger partial charge in [-0.15, -0.1) is 0 Å². The summed E-state index contributed by atoms with van der Waals surface area (Å²) in [6.45, 7) is 1.80. The molecule has 1 aromatic heterocycles. The fourth-order valence-corrected chi connectivity index (χ4v) is 9.62. The van der Waals surface area contributed by atoms with E-state index in [9.17, 15) is 27.6 Å². The molecule has 2 aliphatic heterocycles. The summed E-state index contributed by atoms with van der Waals surface area (Å²) in [7, 11) is -3.90. The lowest BCUT2D eigenvalue weighted by atomic mass is 9.65. The lowest BCUT2D eigenvalue weighted by Crippen LogP contribution is -2.70. The molecular weight excluding hydrogens is 733 g/mol. The number of allylic oxidation sites excluding steroid dienone is 1. The quantitative estimate of drug-likeness (QED) is 0.178. The summed E-state index contributed by atoms with van der Waals surface area (Å²) in [6, 6.07) is 15.8. The molecule has 0 spiro atoms. The van der Waals surface area contributed by atoms with Crippen LogP contribution in [0.4, 0.5) is 0 Å². The standard InChI is InChI=1S/C42H46N6O7S/c1-26-23-44-35(24-43-26)38(49)45-34-16-6-4-2-3-5-12-28-19-20-42(28,41(52)47-56(53,54)30-17-18-30)46-39(50)36-22-29(25-48(36)40(34)51)55-37-21-27-11-7-8-13-31(27)32-14-9-10-15-33(32)37/h5,7-15,21,23-24,28-30,34,36H,2-4,6,16-20,22,25H2,1H3,(H,45,49)(H,46,50)(H,47,52)/b12-5-/t28?,29-,34+,36+,42-/m1/s1. The number of rotatable bonds is 7. The van der Waals surface area contributed by atoms with E-state index < -0.39 is 68.5 Å². The molecule has 3 aromatic carbocycles. The summed E-state index contributed by atoms with van der Waals surface area (Å²) >= 11 is 0. The van der Waals surface area contributed by atoms with Gasteiger partial charge in [0.05, 0.1) is 23.7 Å². The van der Waals surface area contributed by atoms with Gasteiger partial charge in [0.1, 0.15) is 35.2 Å². The number of hydrogen-bond acceptors (Lipinski definition) is 9. The average Bonchev–Trinajstić information content (AvgIpc) is 3.97. The Labute approximate surface area is 325 Å². The van der Waals surface area contributed by atoms with Crippen molar-refractivity contribution in [2.45, 2.75) is 100 Å². The fourth-order valence-electron chi connectivity index (χ4n) is 8.26. The maximum atomic E-state index is 14.7. The molecule has 8 rings (SSSR count). The highest BCUT2D eigenvalue weighted by Gasteiger charge is 2.56. The number of ether oxygens (including phenoxy) is 1. The van der Waals surface area contributed by atoms with E-state index in [0.29, 0.717) is 50.0 Å². The number of benzene rings is 3. The van der Waals surface area contributed by atoms with Crippen molar-refractivity contribution in [3.05, 3.63) is 90.5 Å². The minimum absolute atomic E-state index is 0.0351. The van der Waals surface area contributed by atoms with Gasteiger partial charge in [0.15, 0.2) is 0 Å². The van der Waals surface area contributed by atoms with Gasteiger partial charge in [-0.25, -0.2) is 13.4 Å². The number of amides is 4. The lowest BCUT2D eigenvalue weighted by molar-refractivity contribution is -0.144. The molecule has 4 aliphatic rings. The predicted octanol–water partition coefficient (Wildman–Crippen LogP) is 4.63. The second-order valence-corrected chi connectivity index (χ2v) is 17.5. The van der Waals surface area contributed by atoms with Gasteiger partial charge in [0, 0.05) is 23.9 Å². The first-order chi connectivity index (χ1) is 27.0. The van der Waals surface area contributed by atoms with Crippen molar-refractivity contribution in [2.75, 3.05) is 6.54 Å². The first-order valence-corrected chi connectivity index (χ1v) is 21.1. The molecule has 3 N–H and O–H groups in total. The van der Waals surface area contributed by atoms with E-state index in [1.165, 1.54) is 17.3 Å². The molecule has 3 heterocycles. The third-order valence-electron chi connectivity index (χ3n) is 11.7. The van der Waals surface area contributed by atoms with Gasteiger partial charge in [-0.3, -0.25) is 28.9 Å². The molecule has 3 fully saturated rings. The molecule has 2 aliphatic carbocycles. The summed E-state index contributed by atoms with van der Waals surface area (Å²) in [5.41, 5.74) is -0.813. The van der Waals surface area contributed by atoms with E-state index in [4.69, 9.17) is 4.74 Å². The third-order valence-corrected chi connectivity index (χ3v) is 13.5. The van der Waals surface area contributed by atoms with Gasteiger partial charge in [-0.1, -0.05) is 73.5 Å². The van der Waals surface area contributed by atoms with Crippen molar-refractivity contribution in [2.24, 2.45) is 5.92 Å². The maximum absolute atomic E-state index is 14.7. The summed E-state index contributed by atoms with van der Waals surface area (Å²) in [5, 5.41) is 9.16. The van der Waals surface area contributed by atoms with Crippen molar-refractivity contribution in [1.82, 2.24) is 30.2 Å². The zero-order valence-electron chi connectivity index (χ0n) is 31.3. The highest BCUT2D eigenvalue weighted by molar-refractivity contribution is 7.91. The molecule has 56 heavy (non-hydrogen) atoms. The molecule has 0 bridgehead atoms. The molecule has 13 nitrogen and oxygen atoms in total. The molecular formula is C42H46N6O7S. The van der Waals surface area contributed by atoms with Crippen LogP contribution in [-0.2, 0) is 24.4 Å². The van der Waals surface area contributed by atoms with Gasteiger partial charge >= 0.3 is 0 Å². The van der Waals surface area contributed by atoms with Gasteiger partial charge < -0.3 is 20.3 Å². The van der Waals surface area contributed by atoms with Crippen molar-refractivity contribution in [3.8, 4) is 5.75 Å². The third kappa shape index (κ3) is 7.46. The van der Waals surface area contributed by atoms with Crippen LogP contribution in [0.1, 0.15) is 80.4 Å². The van der Waals surface area contributed by atoms with E-state index in [1.807, 2.05) is 60.7 Å². The van der Waals surface area contributed by atoms with Crippen LogP contribution in [0.2, 0.25) is 0 Å². The zero-order chi connectivity index (χ0) is 39.0. The van der Waals surface area contributed by atoms with E-state index in [1.54, 1.807) is 6.92 Å². The van der Waals surface area contributed by atoms with E-state index >= 15 is 0 Å². The summed E-state index contributed by atoms with van der Waals surface area (Å²) < 4.78 is 35.0. The smallest absolute Gasteiger partial charge is 0.272 e. The Morgan fingerprint density at radius 2 is 1.70 bits per heavy atom. The van der Waals surface area contributed by atoms with Crippen LogP contribution < -0.4 is 20.1 Å². The normalized spacial score (nSPS) is 26.5. The largest absolute Gasteiger partial charge is 0.488 e. The zero-order valence-corrected chi connectivity index (χ0v) is 32.1. The van der Waals surface area contributed by atoms with Crippen molar-refractivity contribution in [3.63, 3.8) is 0 Å². The average molecular weight is 779 g/mol. The number of aryl methyl sites for hydroxylation is 1. The van der Waals surface area contributed by atoms with Crippen LogP contribution in [-0.4, -0.2) is 82.4 Å². The Balaban J connectivity index is 1.14. The van der Waals surface area contributed by atoms with E-state index in [0.717, 1.165) is 34.4 Å². The van der Waals surface area contributed by atoms with Crippen LogP contribution in [0, 0.1) is 12.8 Å². The fraction of sp³-hybridized carbons (Fsp3) is 0.429. The Kier molecular flexibility index (Phi) is 10.2. The van der Waals surface area contributed by atoms with Gasteiger partial charge in [-0.2, -0.15) is 0 Å². The number of nitrogens with one attached hydrogen (secondary N) is 3. The number of fused-ring (bicyclic) bond motifs is 5. The van der Waals surface area contributed by atoms with Crippen molar-refractivity contribution < 1.29 is 32.3 Å². The Bertz CT molecular complexity index is 2330. The van der Waals surface area contributed by atoms with Gasteiger partial charge in [-0.05, 0) is 74.1 Å². The second kappa shape index (κ2) is 15.3. The molecule has 4 amide bonds. The minimum Gasteiger partial charge on any atom is -0.488 e.